The van der Waals surface area contributed by atoms with Gasteiger partial charge in [-0.3, -0.25) is 9.58 Å². The largest absolute Gasteiger partial charge is 0.323 e. The first-order valence-corrected chi connectivity index (χ1v) is 6.06. The molecule has 0 spiro atoms. The zero-order valence-corrected chi connectivity index (χ0v) is 10.5. The van der Waals surface area contributed by atoms with E-state index in [1.54, 1.807) is 0 Å². The van der Waals surface area contributed by atoms with E-state index in [4.69, 9.17) is 5.73 Å². The molecule has 0 amide bonds. The summed E-state index contributed by atoms with van der Waals surface area (Å²) in [5, 5.41) is 4.28. The van der Waals surface area contributed by atoms with Crippen LogP contribution in [0.3, 0.4) is 0 Å². The number of hydrogen-bond donors (Lipinski definition) is 1. The fourth-order valence-corrected chi connectivity index (χ4v) is 2.18. The summed E-state index contributed by atoms with van der Waals surface area (Å²) in [6, 6.07) is 0. The highest BCUT2D eigenvalue weighted by molar-refractivity contribution is 5.09. The van der Waals surface area contributed by atoms with Crippen LogP contribution in [0, 0.1) is 5.92 Å². The van der Waals surface area contributed by atoms with Crippen molar-refractivity contribution in [3.05, 3.63) is 18.0 Å². The molecular formula is C12H22N4. The molecule has 0 unspecified atom stereocenters. The average Bonchev–Trinajstić information content (AvgIpc) is 2.62. The SMILES string of the molecule is CCn1cc(CN2CC(N)(C(C)C)C2)cn1. The van der Waals surface area contributed by atoms with Gasteiger partial charge in [0, 0.05) is 43.5 Å². The zero-order chi connectivity index (χ0) is 11.8. The van der Waals surface area contributed by atoms with E-state index in [0.717, 1.165) is 26.2 Å². The van der Waals surface area contributed by atoms with Crippen LogP contribution in [0.25, 0.3) is 0 Å². The Balaban J connectivity index is 1.85. The molecule has 1 aromatic rings. The molecule has 90 valence electrons. The molecule has 0 atom stereocenters. The minimum atomic E-state index is 0.0285. The third-order valence-electron chi connectivity index (χ3n) is 3.60. The van der Waals surface area contributed by atoms with Gasteiger partial charge in [-0.1, -0.05) is 13.8 Å². The molecule has 1 aromatic heterocycles. The number of nitrogens with zero attached hydrogens (tertiary/aromatic N) is 3. The van der Waals surface area contributed by atoms with Gasteiger partial charge in [0.25, 0.3) is 0 Å². The van der Waals surface area contributed by atoms with E-state index < -0.39 is 0 Å². The predicted octanol–water partition coefficient (Wildman–Crippen LogP) is 1.07. The van der Waals surface area contributed by atoms with Gasteiger partial charge < -0.3 is 5.73 Å². The van der Waals surface area contributed by atoms with Gasteiger partial charge in [0.15, 0.2) is 0 Å². The van der Waals surface area contributed by atoms with Gasteiger partial charge in [0.05, 0.1) is 6.20 Å². The maximum Gasteiger partial charge on any atom is 0.0534 e. The summed E-state index contributed by atoms with van der Waals surface area (Å²) in [7, 11) is 0. The summed E-state index contributed by atoms with van der Waals surface area (Å²) in [5.74, 6) is 0.558. The van der Waals surface area contributed by atoms with Gasteiger partial charge in [-0.25, -0.2) is 0 Å². The Labute approximate surface area is 97.4 Å². The molecule has 1 aliphatic rings. The minimum absolute atomic E-state index is 0.0285. The van der Waals surface area contributed by atoms with Crippen molar-refractivity contribution < 1.29 is 0 Å². The van der Waals surface area contributed by atoms with Crippen LogP contribution < -0.4 is 5.73 Å². The minimum Gasteiger partial charge on any atom is -0.323 e. The third kappa shape index (κ3) is 2.13. The molecule has 4 nitrogen and oxygen atoms in total. The standard InChI is InChI=1S/C12H22N4/c1-4-16-7-11(5-14-16)6-15-8-12(13,9-15)10(2)3/h5,7,10H,4,6,8-9,13H2,1-3H3. The molecule has 0 radical (unpaired) electrons. The second kappa shape index (κ2) is 4.18. The van der Waals surface area contributed by atoms with Crippen molar-refractivity contribution in [1.29, 1.82) is 0 Å². The van der Waals surface area contributed by atoms with Crippen molar-refractivity contribution in [1.82, 2.24) is 14.7 Å². The van der Waals surface area contributed by atoms with Gasteiger partial charge in [0.1, 0.15) is 0 Å². The van der Waals surface area contributed by atoms with E-state index in [0.29, 0.717) is 5.92 Å². The second-order valence-electron chi connectivity index (χ2n) is 5.24. The lowest BCUT2D eigenvalue weighted by atomic mass is 9.80. The molecule has 2 rings (SSSR count). The highest BCUT2D eigenvalue weighted by Crippen LogP contribution is 2.27. The van der Waals surface area contributed by atoms with Gasteiger partial charge in [-0.15, -0.1) is 0 Å². The molecule has 4 heteroatoms. The average molecular weight is 222 g/mol. The lowest BCUT2D eigenvalue weighted by Gasteiger charge is -2.50. The lowest BCUT2D eigenvalue weighted by molar-refractivity contribution is 0.0313. The number of hydrogen-bond acceptors (Lipinski definition) is 3. The molecule has 2 heterocycles. The van der Waals surface area contributed by atoms with Crippen molar-refractivity contribution in [2.45, 2.75) is 39.4 Å². The highest BCUT2D eigenvalue weighted by atomic mass is 15.3. The van der Waals surface area contributed by atoms with Gasteiger partial charge in [-0.05, 0) is 12.8 Å². The van der Waals surface area contributed by atoms with E-state index in [9.17, 15) is 0 Å². The van der Waals surface area contributed by atoms with Crippen LogP contribution in [0.2, 0.25) is 0 Å². The molecule has 0 aliphatic carbocycles. The summed E-state index contributed by atoms with van der Waals surface area (Å²) >= 11 is 0. The Morgan fingerprint density at radius 3 is 2.69 bits per heavy atom. The van der Waals surface area contributed by atoms with E-state index in [-0.39, 0.29) is 5.54 Å². The Morgan fingerprint density at radius 1 is 1.50 bits per heavy atom. The van der Waals surface area contributed by atoms with Crippen LogP contribution >= 0.6 is 0 Å². The van der Waals surface area contributed by atoms with Crippen LogP contribution in [0.1, 0.15) is 26.3 Å². The summed E-state index contributed by atoms with van der Waals surface area (Å²) in [5.41, 5.74) is 7.57. The first kappa shape index (κ1) is 11.6. The Morgan fingerprint density at radius 2 is 2.19 bits per heavy atom. The molecule has 16 heavy (non-hydrogen) atoms. The first-order chi connectivity index (χ1) is 7.53. The van der Waals surface area contributed by atoms with E-state index in [1.807, 2.05) is 10.9 Å². The van der Waals surface area contributed by atoms with Gasteiger partial charge >= 0.3 is 0 Å². The van der Waals surface area contributed by atoms with Crippen molar-refractivity contribution in [2.24, 2.45) is 11.7 Å². The summed E-state index contributed by atoms with van der Waals surface area (Å²) < 4.78 is 1.97. The maximum absolute atomic E-state index is 6.26. The van der Waals surface area contributed by atoms with Crippen LogP contribution in [0.5, 0.6) is 0 Å². The number of aromatic nitrogens is 2. The van der Waals surface area contributed by atoms with Gasteiger partial charge in [-0.2, -0.15) is 5.10 Å². The molecule has 2 N–H and O–H groups in total. The fourth-order valence-electron chi connectivity index (χ4n) is 2.18. The summed E-state index contributed by atoms with van der Waals surface area (Å²) in [4.78, 5) is 2.39. The zero-order valence-electron chi connectivity index (χ0n) is 10.5. The third-order valence-corrected chi connectivity index (χ3v) is 3.60. The Bertz CT molecular complexity index is 350. The molecular weight excluding hydrogens is 200 g/mol. The summed E-state index contributed by atoms with van der Waals surface area (Å²) in [6.07, 6.45) is 4.07. The van der Waals surface area contributed by atoms with Crippen LogP contribution in [-0.4, -0.2) is 33.3 Å². The normalized spacial score (nSPS) is 20.1. The number of aryl methyl sites for hydroxylation is 1. The first-order valence-electron chi connectivity index (χ1n) is 6.06. The lowest BCUT2D eigenvalue weighted by Crippen LogP contribution is -2.69. The van der Waals surface area contributed by atoms with Crippen molar-refractivity contribution in [2.75, 3.05) is 13.1 Å². The van der Waals surface area contributed by atoms with E-state index >= 15 is 0 Å². The van der Waals surface area contributed by atoms with Gasteiger partial charge in [0.2, 0.25) is 0 Å². The Hall–Kier alpha value is -0.870. The van der Waals surface area contributed by atoms with Crippen molar-refractivity contribution in [3.8, 4) is 0 Å². The summed E-state index contributed by atoms with van der Waals surface area (Å²) in [6.45, 7) is 10.4. The predicted molar refractivity (Wildman–Crippen MR) is 64.9 cm³/mol. The van der Waals surface area contributed by atoms with Crippen LogP contribution in [0.4, 0.5) is 0 Å². The van der Waals surface area contributed by atoms with Crippen molar-refractivity contribution in [3.63, 3.8) is 0 Å². The smallest absolute Gasteiger partial charge is 0.0534 e. The Kier molecular flexibility index (Phi) is 3.04. The number of nitrogens with two attached hydrogens (primary N) is 1. The number of rotatable bonds is 4. The molecule has 0 saturated carbocycles. The number of likely N-dealkylation sites (tertiary alicyclic amines) is 1. The topological polar surface area (TPSA) is 47.1 Å². The van der Waals surface area contributed by atoms with Crippen LogP contribution in [0.15, 0.2) is 12.4 Å². The molecule has 1 saturated heterocycles. The van der Waals surface area contributed by atoms with Crippen LogP contribution in [-0.2, 0) is 13.1 Å². The maximum atomic E-state index is 6.26. The second-order valence-corrected chi connectivity index (χ2v) is 5.24. The van der Waals surface area contributed by atoms with E-state index in [1.165, 1.54) is 5.56 Å². The molecule has 1 aliphatic heterocycles. The highest BCUT2D eigenvalue weighted by Gasteiger charge is 2.41. The van der Waals surface area contributed by atoms with Crippen molar-refractivity contribution >= 4 is 0 Å². The monoisotopic (exact) mass is 222 g/mol. The quantitative estimate of drug-likeness (QED) is 0.829. The molecule has 0 aromatic carbocycles. The fraction of sp³-hybridized carbons (Fsp3) is 0.750. The molecule has 0 bridgehead atoms. The van der Waals surface area contributed by atoms with E-state index in [2.05, 4.69) is 37.0 Å². The molecule has 1 fully saturated rings.